The van der Waals surface area contributed by atoms with Gasteiger partial charge in [0.1, 0.15) is 0 Å². The van der Waals surface area contributed by atoms with E-state index in [9.17, 15) is 4.79 Å². The molecular weight excluding hydrogens is 331 g/mol. The molecule has 0 saturated carbocycles. The molecule has 2 aromatic rings. The number of hydrogen-bond acceptors (Lipinski definition) is 2. The largest absolute Gasteiger partial charge is 0.381 e. The third-order valence-electron chi connectivity index (χ3n) is 2.94. The molecule has 6 heteroatoms. The van der Waals surface area contributed by atoms with Gasteiger partial charge in [-0.15, -0.1) is 0 Å². The smallest absolute Gasteiger partial charge is 0.221 e. The molecule has 0 radical (unpaired) electrons. The first-order chi connectivity index (χ1) is 9.97. The Morgan fingerprint density at radius 1 is 1.00 bits per heavy atom. The number of anilines is 1. The Morgan fingerprint density at radius 2 is 1.62 bits per heavy atom. The van der Waals surface area contributed by atoms with Crippen LogP contribution in [0.4, 0.5) is 5.69 Å². The first-order valence-electron chi connectivity index (χ1n) is 6.21. The van der Waals surface area contributed by atoms with Crippen molar-refractivity contribution in [2.24, 2.45) is 5.73 Å². The molecule has 1 amide bonds. The van der Waals surface area contributed by atoms with Gasteiger partial charge in [0.15, 0.2) is 0 Å². The Morgan fingerprint density at radius 3 is 2.24 bits per heavy atom. The third-order valence-corrected chi connectivity index (χ3v) is 4.14. The van der Waals surface area contributed by atoms with Crippen LogP contribution in [0.1, 0.15) is 11.1 Å². The van der Waals surface area contributed by atoms with E-state index in [1.165, 1.54) is 0 Å². The summed E-state index contributed by atoms with van der Waals surface area (Å²) in [5.74, 6) is -0.354. The van der Waals surface area contributed by atoms with Crippen LogP contribution in [0.15, 0.2) is 36.4 Å². The van der Waals surface area contributed by atoms with Crippen molar-refractivity contribution in [2.75, 3.05) is 5.32 Å². The van der Waals surface area contributed by atoms with Crippen LogP contribution in [0.2, 0.25) is 15.1 Å². The fraction of sp³-hybridized carbons (Fsp3) is 0.133. The summed E-state index contributed by atoms with van der Waals surface area (Å²) in [4.78, 5) is 10.8. The lowest BCUT2D eigenvalue weighted by Crippen LogP contribution is -2.13. The van der Waals surface area contributed by atoms with Gasteiger partial charge in [-0.05, 0) is 29.8 Å². The summed E-state index contributed by atoms with van der Waals surface area (Å²) in [5, 5.41) is 4.68. The minimum atomic E-state index is -0.354. The second-order valence-corrected chi connectivity index (χ2v) is 5.71. The highest BCUT2D eigenvalue weighted by atomic mass is 35.5. The maximum absolute atomic E-state index is 10.8. The summed E-state index contributed by atoms with van der Waals surface area (Å²) in [6.45, 7) is 0.452. The van der Waals surface area contributed by atoms with Crippen LogP contribution in [0, 0.1) is 0 Å². The standard InChI is InChI=1S/C15H13Cl3N2O/c16-12-5-6-13(17)15(18)11(12)8-20-10-3-1-9(2-4-10)7-14(19)21/h1-6,20H,7-8H2,(H2,19,21). The molecule has 0 aliphatic rings. The number of hydrogen-bond donors (Lipinski definition) is 2. The number of rotatable bonds is 5. The van der Waals surface area contributed by atoms with Gasteiger partial charge in [0.2, 0.25) is 5.91 Å². The number of nitrogens with two attached hydrogens (primary N) is 1. The zero-order valence-corrected chi connectivity index (χ0v) is 13.3. The number of benzene rings is 2. The van der Waals surface area contributed by atoms with Gasteiger partial charge in [-0.1, -0.05) is 46.9 Å². The number of carbonyl (C=O) groups excluding carboxylic acids is 1. The quantitative estimate of drug-likeness (QED) is 0.796. The fourth-order valence-corrected chi connectivity index (χ4v) is 2.54. The number of amides is 1. The van der Waals surface area contributed by atoms with Crippen LogP contribution >= 0.6 is 34.8 Å². The summed E-state index contributed by atoms with van der Waals surface area (Å²) in [5.41, 5.74) is 7.64. The summed E-state index contributed by atoms with van der Waals surface area (Å²) in [7, 11) is 0. The predicted octanol–water partition coefficient (Wildman–Crippen LogP) is 4.29. The molecule has 0 atom stereocenters. The van der Waals surface area contributed by atoms with E-state index < -0.39 is 0 Å². The average molecular weight is 344 g/mol. The topological polar surface area (TPSA) is 55.1 Å². The van der Waals surface area contributed by atoms with E-state index in [1.807, 2.05) is 24.3 Å². The van der Waals surface area contributed by atoms with Gasteiger partial charge in [0, 0.05) is 22.8 Å². The van der Waals surface area contributed by atoms with E-state index >= 15 is 0 Å². The van der Waals surface area contributed by atoms with Gasteiger partial charge in [0.25, 0.3) is 0 Å². The number of carbonyl (C=O) groups is 1. The van der Waals surface area contributed by atoms with Crippen LogP contribution in [0.25, 0.3) is 0 Å². The monoisotopic (exact) mass is 342 g/mol. The Balaban J connectivity index is 2.07. The molecule has 0 unspecified atom stereocenters. The molecule has 0 spiro atoms. The van der Waals surface area contributed by atoms with Crippen LogP contribution in [0.5, 0.6) is 0 Å². The van der Waals surface area contributed by atoms with Gasteiger partial charge in [-0.2, -0.15) is 0 Å². The molecule has 0 bridgehead atoms. The zero-order valence-electron chi connectivity index (χ0n) is 11.0. The Hall–Kier alpha value is -1.42. The highest BCUT2D eigenvalue weighted by Gasteiger charge is 2.09. The highest BCUT2D eigenvalue weighted by Crippen LogP contribution is 2.31. The van der Waals surface area contributed by atoms with Crippen molar-refractivity contribution in [2.45, 2.75) is 13.0 Å². The van der Waals surface area contributed by atoms with Crippen molar-refractivity contribution in [1.82, 2.24) is 0 Å². The van der Waals surface area contributed by atoms with Crippen molar-refractivity contribution in [3.63, 3.8) is 0 Å². The normalized spacial score (nSPS) is 10.4. The molecule has 0 aliphatic heterocycles. The average Bonchev–Trinajstić information content (AvgIpc) is 2.44. The maximum atomic E-state index is 10.8. The molecule has 110 valence electrons. The van der Waals surface area contributed by atoms with E-state index in [2.05, 4.69) is 5.32 Å². The first kappa shape index (κ1) is 16.0. The van der Waals surface area contributed by atoms with E-state index in [1.54, 1.807) is 12.1 Å². The molecule has 0 aliphatic carbocycles. The Bertz CT molecular complexity index is 657. The molecule has 3 N–H and O–H groups in total. The lowest BCUT2D eigenvalue weighted by molar-refractivity contribution is -0.117. The van der Waals surface area contributed by atoms with Crippen LogP contribution in [-0.2, 0) is 17.8 Å². The van der Waals surface area contributed by atoms with Gasteiger partial charge in [-0.25, -0.2) is 0 Å². The lowest BCUT2D eigenvalue weighted by Gasteiger charge is -2.11. The second kappa shape index (κ2) is 7.03. The highest BCUT2D eigenvalue weighted by molar-refractivity contribution is 6.44. The van der Waals surface area contributed by atoms with Gasteiger partial charge >= 0.3 is 0 Å². The van der Waals surface area contributed by atoms with Gasteiger partial charge in [0.05, 0.1) is 16.5 Å². The summed E-state index contributed by atoms with van der Waals surface area (Å²) < 4.78 is 0. The Labute approximate surface area is 138 Å². The van der Waals surface area contributed by atoms with Crippen LogP contribution in [0.3, 0.4) is 0 Å². The second-order valence-electron chi connectivity index (χ2n) is 4.52. The summed E-state index contributed by atoms with van der Waals surface area (Å²) in [6.07, 6.45) is 0.228. The van der Waals surface area contributed by atoms with Crippen molar-refractivity contribution in [3.05, 3.63) is 62.6 Å². The van der Waals surface area contributed by atoms with E-state index in [4.69, 9.17) is 40.5 Å². The summed E-state index contributed by atoms with van der Waals surface area (Å²) >= 11 is 18.2. The van der Waals surface area contributed by atoms with Crippen LogP contribution < -0.4 is 11.1 Å². The van der Waals surface area contributed by atoms with Crippen molar-refractivity contribution < 1.29 is 4.79 Å². The molecule has 0 heterocycles. The zero-order chi connectivity index (χ0) is 15.4. The minimum Gasteiger partial charge on any atom is -0.381 e. The summed E-state index contributed by atoms with van der Waals surface area (Å²) in [6, 6.07) is 10.8. The van der Waals surface area contributed by atoms with E-state index in [-0.39, 0.29) is 12.3 Å². The maximum Gasteiger partial charge on any atom is 0.221 e. The van der Waals surface area contributed by atoms with Crippen molar-refractivity contribution in [3.8, 4) is 0 Å². The van der Waals surface area contributed by atoms with Crippen molar-refractivity contribution >= 4 is 46.4 Å². The Kier molecular flexibility index (Phi) is 5.34. The SMILES string of the molecule is NC(=O)Cc1ccc(NCc2c(Cl)ccc(Cl)c2Cl)cc1. The molecule has 3 nitrogen and oxygen atoms in total. The predicted molar refractivity (Wildman–Crippen MR) is 88.1 cm³/mol. The van der Waals surface area contributed by atoms with Gasteiger partial charge in [-0.3, -0.25) is 4.79 Å². The molecule has 2 aromatic carbocycles. The minimum absolute atomic E-state index is 0.228. The van der Waals surface area contributed by atoms with E-state index in [0.29, 0.717) is 21.6 Å². The van der Waals surface area contributed by atoms with Crippen LogP contribution in [-0.4, -0.2) is 5.91 Å². The molecule has 0 saturated heterocycles. The number of halogens is 3. The fourth-order valence-electron chi connectivity index (χ4n) is 1.86. The van der Waals surface area contributed by atoms with Crippen molar-refractivity contribution in [1.29, 1.82) is 0 Å². The lowest BCUT2D eigenvalue weighted by atomic mass is 10.1. The molecule has 21 heavy (non-hydrogen) atoms. The molecular formula is C15H13Cl3N2O. The van der Waals surface area contributed by atoms with E-state index in [0.717, 1.165) is 16.8 Å². The van der Waals surface area contributed by atoms with Gasteiger partial charge < -0.3 is 11.1 Å². The third kappa shape index (κ3) is 4.27. The molecule has 0 fully saturated rings. The molecule has 2 rings (SSSR count). The molecule has 0 aromatic heterocycles. The first-order valence-corrected chi connectivity index (χ1v) is 7.34. The number of nitrogens with one attached hydrogen (secondary N) is 1. The number of primary amides is 1.